The van der Waals surface area contributed by atoms with Gasteiger partial charge >= 0.3 is 0 Å². The minimum Gasteiger partial charge on any atom is -0.484 e. The number of halogens is 2. The van der Waals surface area contributed by atoms with E-state index in [9.17, 15) is 14.0 Å². The van der Waals surface area contributed by atoms with E-state index in [1.54, 1.807) is 49.4 Å². The van der Waals surface area contributed by atoms with Crippen LogP contribution in [0.4, 0.5) is 4.39 Å². The second-order valence-electron chi connectivity index (χ2n) is 6.85. The van der Waals surface area contributed by atoms with Crippen molar-refractivity contribution in [2.24, 2.45) is 0 Å². The Bertz CT molecular complexity index is 846. The number of nitrogens with one attached hydrogen (secondary N) is 1. The first kappa shape index (κ1) is 22.7. The Labute approximate surface area is 175 Å². The van der Waals surface area contributed by atoms with E-state index in [1.807, 2.05) is 13.8 Å². The fourth-order valence-electron chi connectivity index (χ4n) is 2.64. The number of benzene rings is 2. The molecule has 2 amide bonds. The molecule has 0 saturated carbocycles. The fourth-order valence-corrected chi connectivity index (χ4v) is 2.82. The van der Waals surface area contributed by atoms with Crippen molar-refractivity contribution >= 4 is 23.4 Å². The molecule has 2 aromatic rings. The molecule has 0 spiro atoms. The molecule has 0 fully saturated rings. The molecule has 2 aromatic carbocycles. The normalized spacial score (nSPS) is 12.7. The first-order valence-electron chi connectivity index (χ1n) is 9.53. The Morgan fingerprint density at radius 1 is 1.17 bits per heavy atom. The number of hydrogen-bond acceptors (Lipinski definition) is 3. The molecular formula is C22H26ClFN2O3. The minimum atomic E-state index is -0.793. The van der Waals surface area contributed by atoms with Gasteiger partial charge in [0.05, 0.1) is 0 Å². The Morgan fingerprint density at radius 2 is 1.90 bits per heavy atom. The molecule has 0 aliphatic rings. The third kappa shape index (κ3) is 6.75. The van der Waals surface area contributed by atoms with Crippen LogP contribution in [-0.2, 0) is 16.1 Å². The Balaban J connectivity index is 2.17. The summed E-state index contributed by atoms with van der Waals surface area (Å²) in [5.41, 5.74) is 0.326. The summed E-state index contributed by atoms with van der Waals surface area (Å²) in [7, 11) is 0. The predicted molar refractivity (Wildman–Crippen MR) is 111 cm³/mol. The lowest BCUT2D eigenvalue weighted by molar-refractivity contribution is -0.142. The molecule has 0 saturated heterocycles. The number of carbonyl (C=O) groups is 2. The van der Waals surface area contributed by atoms with Crippen LogP contribution in [0.5, 0.6) is 5.75 Å². The topological polar surface area (TPSA) is 58.6 Å². The zero-order valence-electron chi connectivity index (χ0n) is 16.8. The van der Waals surface area contributed by atoms with Crippen molar-refractivity contribution in [1.82, 2.24) is 10.2 Å². The van der Waals surface area contributed by atoms with Gasteiger partial charge in [-0.1, -0.05) is 42.8 Å². The summed E-state index contributed by atoms with van der Waals surface area (Å²) >= 11 is 5.93. The molecule has 2 rings (SSSR count). The molecule has 0 aliphatic heterocycles. The summed E-state index contributed by atoms with van der Waals surface area (Å²) in [6, 6.07) is 12.0. The fraction of sp³-hybridized carbons (Fsp3) is 0.364. The van der Waals surface area contributed by atoms with Gasteiger partial charge in [0, 0.05) is 23.2 Å². The molecule has 156 valence electrons. The molecule has 0 unspecified atom stereocenters. The van der Waals surface area contributed by atoms with Crippen LogP contribution in [0.2, 0.25) is 5.02 Å². The standard InChI is InChI=1S/C22H26ClFN2O3/c1-4-15(2)25-22(28)16(3)26(13-17-8-5-6-11-20(17)24)21(27)14-29-19-10-7-9-18(23)12-19/h5-12,15-16H,4,13-14H2,1-3H3,(H,25,28)/t15-,16-/m1/s1. The zero-order chi connectivity index (χ0) is 21.4. The number of carbonyl (C=O) groups excluding carboxylic acids is 2. The van der Waals surface area contributed by atoms with Gasteiger partial charge < -0.3 is 15.0 Å². The highest BCUT2D eigenvalue weighted by atomic mass is 35.5. The van der Waals surface area contributed by atoms with Crippen LogP contribution >= 0.6 is 11.6 Å². The van der Waals surface area contributed by atoms with Gasteiger partial charge in [-0.2, -0.15) is 0 Å². The number of ether oxygens (including phenoxy) is 1. The molecule has 0 bridgehead atoms. The van der Waals surface area contributed by atoms with Gasteiger partial charge in [0.25, 0.3) is 5.91 Å². The van der Waals surface area contributed by atoms with Gasteiger partial charge in [0.15, 0.2) is 6.61 Å². The van der Waals surface area contributed by atoms with Crippen LogP contribution in [0.3, 0.4) is 0 Å². The molecule has 0 aliphatic carbocycles. The van der Waals surface area contributed by atoms with Crippen LogP contribution < -0.4 is 10.1 Å². The van der Waals surface area contributed by atoms with Crippen LogP contribution in [0.15, 0.2) is 48.5 Å². The van der Waals surface area contributed by atoms with Gasteiger partial charge in [0.1, 0.15) is 17.6 Å². The van der Waals surface area contributed by atoms with E-state index in [2.05, 4.69) is 5.32 Å². The first-order valence-corrected chi connectivity index (χ1v) is 9.91. The third-order valence-corrected chi connectivity index (χ3v) is 4.86. The minimum absolute atomic E-state index is 0.0296. The van der Waals surface area contributed by atoms with Crippen molar-refractivity contribution in [1.29, 1.82) is 0 Å². The lowest BCUT2D eigenvalue weighted by Gasteiger charge is -2.29. The monoisotopic (exact) mass is 420 g/mol. The summed E-state index contributed by atoms with van der Waals surface area (Å²) < 4.78 is 19.7. The van der Waals surface area contributed by atoms with Crippen molar-refractivity contribution < 1.29 is 18.7 Å². The van der Waals surface area contributed by atoms with Crippen molar-refractivity contribution in [2.75, 3.05) is 6.61 Å². The van der Waals surface area contributed by atoms with E-state index in [-0.39, 0.29) is 25.1 Å². The van der Waals surface area contributed by atoms with Gasteiger partial charge in [-0.05, 0) is 44.5 Å². The van der Waals surface area contributed by atoms with E-state index >= 15 is 0 Å². The summed E-state index contributed by atoms with van der Waals surface area (Å²) in [6.07, 6.45) is 0.762. The summed E-state index contributed by atoms with van der Waals surface area (Å²) in [5, 5.41) is 3.35. The molecule has 0 heterocycles. The van der Waals surface area contributed by atoms with E-state index in [0.29, 0.717) is 16.3 Å². The second kappa shape index (κ2) is 10.8. The number of amides is 2. The third-order valence-electron chi connectivity index (χ3n) is 4.63. The average Bonchev–Trinajstić information content (AvgIpc) is 2.70. The smallest absolute Gasteiger partial charge is 0.261 e. The highest BCUT2D eigenvalue weighted by Gasteiger charge is 2.27. The van der Waals surface area contributed by atoms with E-state index in [1.165, 1.54) is 11.0 Å². The molecule has 5 nitrogen and oxygen atoms in total. The van der Waals surface area contributed by atoms with Crippen molar-refractivity contribution in [3.63, 3.8) is 0 Å². The van der Waals surface area contributed by atoms with Crippen molar-refractivity contribution in [2.45, 2.75) is 45.8 Å². The Hall–Kier alpha value is -2.60. The maximum absolute atomic E-state index is 14.2. The van der Waals surface area contributed by atoms with Crippen LogP contribution in [0.1, 0.15) is 32.8 Å². The van der Waals surface area contributed by atoms with E-state index in [4.69, 9.17) is 16.3 Å². The molecule has 1 N–H and O–H groups in total. The lowest BCUT2D eigenvalue weighted by atomic mass is 10.1. The molecule has 7 heteroatoms. The predicted octanol–water partition coefficient (Wildman–Crippen LogP) is 4.19. The molecule has 29 heavy (non-hydrogen) atoms. The maximum Gasteiger partial charge on any atom is 0.261 e. The van der Waals surface area contributed by atoms with Crippen LogP contribution in [-0.4, -0.2) is 35.4 Å². The van der Waals surface area contributed by atoms with E-state index < -0.39 is 17.8 Å². The zero-order valence-corrected chi connectivity index (χ0v) is 17.6. The number of hydrogen-bond donors (Lipinski definition) is 1. The van der Waals surface area contributed by atoms with Gasteiger partial charge in [-0.15, -0.1) is 0 Å². The molecular weight excluding hydrogens is 395 g/mol. The van der Waals surface area contributed by atoms with Crippen molar-refractivity contribution in [3.8, 4) is 5.75 Å². The SMILES string of the molecule is CC[C@@H](C)NC(=O)[C@@H](C)N(Cc1ccccc1F)C(=O)COc1cccc(Cl)c1. The van der Waals surface area contributed by atoms with Crippen LogP contribution in [0.25, 0.3) is 0 Å². The Kier molecular flexibility index (Phi) is 8.46. The highest BCUT2D eigenvalue weighted by Crippen LogP contribution is 2.18. The maximum atomic E-state index is 14.2. The second-order valence-corrected chi connectivity index (χ2v) is 7.29. The van der Waals surface area contributed by atoms with Gasteiger partial charge in [0.2, 0.25) is 5.91 Å². The highest BCUT2D eigenvalue weighted by molar-refractivity contribution is 6.30. The largest absolute Gasteiger partial charge is 0.484 e. The summed E-state index contributed by atoms with van der Waals surface area (Å²) in [4.78, 5) is 26.8. The summed E-state index contributed by atoms with van der Waals surface area (Å²) in [6.45, 7) is 5.12. The first-order chi connectivity index (χ1) is 13.8. The Morgan fingerprint density at radius 3 is 2.55 bits per heavy atom. The number of rotatable bonds is 9. The lowest BCUT2D eigenvalue weighted by Crippen LogP contribution is -2.50. The summed E-state index contributed by atoms with van der Waals surface area (Å²) in [5.74, 6) is -0.726. The van der Waals surface area contributed by atoms with Crippen LogP contribution in [0, 0.1) is 5.82 Å². The van der Waals surface area contributed by atoms with Gasteiger partial charge in [-0.3, -0.25) is 9.59 Å². The molecule has 0 aromatic heterocycles. The quantitative estimate of drug-likeness (QED) is 0.661. The average molecular weight is 421 g/mol. The van der Waals surface area contributed by atoms with E-state index in [0.717, 1.165) is 6.42 Å². The van der Waals surface area contributed by atoms with Gasteiger partial charge in [-0.25, -0.2) is 4.39 Å². The molecule has 2 atom stereocenters. The number of nitrogens with zero attached hydrogens (tertiary/aromatic N) is 1. The van der Waals surface area contributed by atoms with Crippen molar-refractivity contribution in [3.05, 3.63) is 64.9 Å². The molecule has 0 radical (unpaired) electrons.